The summed E-state index contributed by atoms with van der Waals surface area (Å²) in [6, 6.07) is 22.7. The van der Waals surface area contributed by atoms with Crippen LogP contribution in [0.4, 0.5) is 0 Å². The average Bonchev–Trinajstić information content (AvgIpc) is 3.55. The second-order valence-corrected chi connectivity index (χ2v) is 15.1. The summed E-state index contributed by atoms with van der Waals surface area (Å²) in [5, 5.41) is 84.7. The van der Waals surface area contributed by atoms with Gasteiger partial charge in [0.1, 0.15) is 0 Å². The fourth-order valence-electron chi connectivity index (χ4n) is 9.02. The van der Waals surface area contributed by atoms with Crippen molar-refractivity contribution in [3.05, 3.63) is 95.1 Å². The van der Waals surface area contributed by atoms with Crippen LogP contribution < -0.4 is 21.9 Å². The zero-order valence-electron chi connectivity index (χ0n) is 27.8. The Kier molecular flexibility index (Phi) is 6.47. The molecule has 0 saturated carbocycles. The van der Waals surface area contributed by atoms with Gasteiger partial charge in [-0.3, -0.25) is 0 Å². The van der Waals surface area contributed by atoms with E-state index in [0.29, 0.717) is 32.6 Å². The van der Waals surface area contributed by atoms with Crippen LogP contribution in [0.5, 0.6) is 0 Å². The average molecular weight is 660 g/mol. The maximum absolute atomic E-state index is 10.2. The van der Waals surface area contributed by atoms with Gasteiger partial charge in [-0.15, -0.1) is 0 Å². The van der Waals surface area contributed by atoms with E-state index in [9.17, 15) is 40.2 Å². The number of hydrogen-bond acceptors (Lipinski definition) is 8. The first-order valence-corrected chi connectivity index (χ1v) is 16.6. The third kappa shape index (κ3) is 4.10. The molecule has 0 saturated heterocycles. The first kappa shape index (κ1) is 31.7. The van der Waals surface area contributed by atoms with Crippen LogP contribution in [0.2, 0.25) is 0 Å². The molecule has 244 valence electrons. The number of rotatable bonds is 4. The van der Waals surface area contributed by atoms with E-state index >= 15 is 0 Å². The second-order valence-electron chi connectivity index (χ2n) is 15.1. The summed E-state index contributed by atoms with van der Waals surface area (Å²) in [6.07, 6.45) is 0. The van der Waals surface area contributed by atoms with Gasteiger partial charge < -0.3 is 40.2 Å². The van der Waals surface area contributed by atoms with Crippen LogP contribution in [0.25, 0.3) is 66.1 Å². The molecule has 0 atom stereocenters. The highest BCUT2D eigenvalue weighted by molar-refractivity contribution is 6.61. The number of hydrogen-bond donors (Lipinski definition) is 8. The molecule has 8 nitrogen and oxygen atoms in total. The third-order valence-electron chi connectivity index (χ3n) is 11.5. The number of fused-ring (bicyclic) bond motifs is 8. The van der Waals surface area contributed by atoms with Crippen molar-refractivity contribution < 1.29 is 40.2 Å². The molecule has 0 fully saturated rings. The minimum Gasteiger partial charge on any atom is -0.423 e. The van der Waals surface area contributed by atoms with Crippen LogP contribution in [0.3, 0.4) is 0 Å². The lowest BCUT2D eigenvalue weighted by Crippen LogP contribution is -2.36. The summed E-state index contributed by atoms with van der Waals surface area (Å²) >= 11 is 0. The molecule has 50 heavy (non-hydrogen) atoms. The third-order valence-corrected chi connectivity index (χ3v) is 11.5. The Morgan fingerprint density at radius 3 is 0.740 bits per heavy atom. The van der Waals surface area contributed by atoms with Gasteiger partial charge in [-0.25, -0.2) is 0 Å². The molecule has 3 aliphatic rings. The molecular weight excluding hydrogens is 628 g/mol. The van der Waals surface area contributed by atoms with Gasteiger partial charge in [0.25, 0.3) is 0 Å². The van der Waals surface area contributed by atoms with E-state index in [2.05, 4.69) is 52.0 Å². The maximum atomic E-state index is 10.2. The molecule has 8 N–H and O–H groups in total. The van der Waals surface area contributed by atoms with Crippen molar-refractivity contribution in [2.75, 3.05) is 0 Å². The van der Waals surface area contributed by atoms with Crippen molar-refractivity contribution in [2.45, 2.75) is 38.5 Å². The largest absolute Gasteiger partial charge is 0.488 e. The molecule has 0 unspecified atom stereocenters. The monoisotopic (exact) mass is 660 g/mol. The molecule has 3 aliphatic carbocycles. The fraction of sp³-hybridized carbons (Fsp3) is 0.158. The summed E-state index contributed by atoms with van der Waals surface area (Å²) in [5.41, 5.74) is 11.8. The molecule has 0 radical (unpaired) electrons. The SMILES string of the molecule is CC1(C)c2cc3c(cc2C(C)(C)c2cc4c(cc21)-c1cc(B(O)O)cc2cc(B(O)O)cc-4c12)-c1cc(B(O)O)cc2cc(B(O)O)cc-3c12. The highest BCUT2D eigenvalue weighted by Crippen LogP contribution is 2.58. The van der Waals surface area contributed by atoms with E-state index in [-0.39, 0.29) is 0 Å². The van der Waals surface area contributed by atoms with Crippen molar-refractivity contribution in [1.29, 1.82) is 0 Å². The Labute approximate surface area is 289 Å². The fourth-order valence-corrected chi connectivity index (χ4v) is 9.02. The van der Waals surface area contributed by atoms with Gasteiger partial charge in [-0.05, 0) is 134 Å². The van der Waals surface area contributed by atoms with Gasteiger partial charge >= 0.3 is 28.5 Å². The van der Waals surface area contributed by atoms with Crippen LogP contribution in [-0.4, -0.2) is 68.7 Å². The molecule has 0 aliphatic heterocycles. The van der Waals surface area contributed by atoms with Gasteiger partial charge in [-0.2, -0.15) is 0 Å². The summed E-state index contributed by atoms with van der Waals surface area (Å²) in [5.74, 6) is 0. The molecule has 0 heterocycles. The molecule has 0 spiro atoms. The predicted molar refractivity (Wildman–Crippen MR) is 200 cm³/mol. The van der Waals surface area contributed by atoms with Gasteiger partial charge in [0.15, 0.2) is 0 Å². The van der Waals surface area contributed by atoms with Gasteiger partial charge in [0, 0.05) is 10.8 Å². The normalized spacial score (nSPS) is 15.1. The second kappa shape index (κ2) is 10.2. The Bertz CT molecular complexity index is 2190. The molecule has 6 aromatic carbocycles. The maximum Gasteiger partial charge on any atom is 0.488 e. The van der Waals surface area contributed by atoms with Crippen LogP contribution >= 0.6 is 0 Å². The molecule has 0 aromatic heterocycles. The lowest BCUT2D eigenvalue weighted by Gasteiger charge is -2.44. The number of benzene rings is 6. The minimum absolute atomic E-state index is 0.312. The first-order valence-electron chi connectivity index (χ1n) is 16.6. The summed E-state index contributed by atoms with van der Waals surface area (Å²) in [4.78, 5) is 0. The van der Waals surface area contributed by atoms with E-state index < -0.39 is 39.3 Å². The quantitative estimate of drug-likeness (QED) is 0.130. The van der Waals surface area contributed by atoms with Crippen LogP contribution in [0.1, 0.15) is 49.9 Å². The van der Waals surface area contributed by atoms with Crippen LogP contribution in [0.15, 0.2) is 72.8 Å². The Morgan fingerprint density at radius 2 is 0.540 bits per heavy atom. The zero-order chi connectivity index (χ0) is 35.3. The van der Waals surface area contributed by atoms with Crippen molar-refractivity contribution >= 4 is 71.9 Å². The van der Waals surface area contributed by atoms with E-state index in [1.165, 1.54) is 0 Å². The van der Waals surface area contributed by atoms with Gasteiger partial charge in [0.2, 0.25) is 0 Å². The highest BCUT2D eigenvalue weighted by atomic mass is 16.4. The summed E-state index contributed by atoms with van der Waals surface area (Å²) < 4.78 is 0. The van der Waals surface area contributed by atoms with Crippen molar-refractivity contribution in [1.82, 2.24) is 0 Å². The Balaban J connectivity index is 1.31. The molecule has 12 heteroatoms. The molecule has 9 rings (SSSR count). The highest BCUT2D eigenvalue weighted by Gasteiger charge is 2.44. The summed E-state index contributed by atoms with van der Waals surface area (Å²) in [7, 11) is -6.81. The molecule has 6 aromatic rings. The van der Waals surface area contributed by atoms with Gasteiger partial charge in [-0.1, -0.05) is 76.2 Å². The topological polar surface area (TPSA) is 162 Å². The molecule has 0 amide bonds. The van der Waals surface area contributed by atoms with E-state index in [0.717, 1.165) is 77.5 Å². The van der Waals surface area contributed by atoms with E-state index in [1.807, 2.05) is 0 Å². The van der Waals surface area contributed by atoms with E-state index in [1.54, 1.807) is 48.5 Å². The summed E-state index contributed by atoms with van der Waals surface area (Å²) in [6.45, 7) is 8.76. The first-order chi connectivity index (χ1) is 23.6. The Hall–Kier alpha value is -4.22. The van der Waals surface area contributed by atoms with Crippen LogP contribution in [0, 0.1) is 0 Å². The van der Waals surface area contributed by atoms with Crippen molar-refractivity contribution in [3.8, 4) is 44.5 Å². The lowest BCUT2D eigenvalue weighted by atomic mass is 9.59. The predicted octanol–water partition coefficient (Wildman–Crippen LogP) is 0.972. The van der Waals surface area contributed by atoms with Crippen molar-refractivity contribution in [2.24, 2.45) is 0 Å². The van der Waals surface area contributed by atoms with Gasteiger partial charge in [0.05, 0.1) is 0 Å². The smallest absolute Gasteiger partial charge is 0.423 e. The Morgan fingerprint density at radius 1 is 0.320 bits per heavy atom. The zero-order valence-corrected chi connectivity index (χ0v) is 27.8. The lowest BCUT2D eigenvalue weighted by molar-refractivity contribution is 0.424. The minimum atomic E-state index is -1.70. The molecular formula is C38H32B4O8. The standard InChI is InChI=1S/C38H32B4O8/c1-37(2)31-13-23-25(29-11-21(41(47)48)7-17-5-19(39(43)44)9-27(23)35(17)29)15-33(31)38(3,4)34-16-26-24(14-32(34)37)28-10-20(40(45)46)6-18-8-22(42(49)50)12-30(26)36(18)28/h5-16,43-50H,1-4H3. The van der Waals surface area contributed by atoms with Crippen molar-refractivity contribution in [3.63, 3.8) is 0 Å². The van der Waals surface area contributed by atoms with E-state index in [4.69, 9.17) is 0 Å². The molecule has 0 bridgehead atoms. The van der Waals surface area contributed by atoms with Crippen LogP contribution in [-0.2, 0) is 10.8 Å².